The zero-order chi connectivity index (χ0) is 24.5. The number of halogens is 5. The van der Waals surface area contributed by atoms with Crippen LogP contribution in [0.5, 0.6) is 0 Å². The highest BCUT2D eigenvalue weighted by Crippen LogP contribution is 2.33. The maximum absolute atomic E-state index is 3.58. The van der Waals surface area contributed by atoms with E-state index in [9.17, 15) is 0 Å². The smallest absolute Gasteiger partial charge is 0.0492 e. The zero-order valence-electron chi connectivity index (χ0n) is 18.6. The molecule has 6 aromatic rings. The van der Waals surface area contributed by atoms with Crippen LogP contribution < -0.4 is 0 Å². The summed E-state index contributed by atoms with van der Waals surface area (Å²) in [6, 6.07) is 25.6. The van der Waals surface area contributed by atoms with E-state index in [-0.39, 0.29) is 0 Å². The first kappa shape index (κ1) is 25.5. The molecule has 2 heterocycles. The quantitative estimate of drug-likeness (QED) is 0.136. The molecule has 0 spiro atoms. The van der Waals surface area contributed by atoms with E-state index in [2.05, 4.69) is 150 Å². The Hall–Kier alpha value is -1.12. The highest BCUT2D eigenvalue weighted by molar-refractivity contribution is 9.11. The number of fused-ring (bicyclic) bond motifs is 6. The minimum absolute atomic E-state index is 1.06. The van der Waals surface area contributed by atoms with Gasteiger partial charge in [-0.2, -0.15) is 0 Å². The van der Waals surface area contributed by atoms with Gasteiger partial charge in [0, 0.05) is 73.4 Å². The Morgan fingerprint density at radius 1 is 0.543 bits per heavy atom. The molecule has 7 heteroatoms. The van der Waals surface area contributed by atoms with E-state index < -0.39 is 0 Å². The lowest BCUT2D eigenvalue weighted by molar-refractivity contribution is 0.670. The predicted molar refractivity (Wildman–Crippen MR) is 169 cm³/mol. The van der Waals surface area contributed by atoms with Gasteiger partial charge >= 0.3 is 0 Å². The summed E-state index contributed by atoms with van der Waals surface area (Å²) in [6.45, 7) is 1.06. The van der Waals surface area contributed by atoms with Crippen LogP contribution in [0.2, 0.25) is 0 Å². The number of hydrogen-bond donors (Lipinski definition) is 1. The SMILES string of the molecule is BrCCCCn1c2ccc(Br)cc2c2cc(Br)ccc21.Brc1ccc2[nH]c3ccc(Br)cc3c2c1. The lowest BCUT2D eigenvalue weighted by Crippen LogP contribution is -1.97. The van der Waals surface area contributed by atoms with Crippen molar-refractivity contribution in [2.45, 2.75) is 19.4 Å². The summed E-state index contributed by atoms with van der Waals surface area (Å²) in [6.07, 6.45) is 2.39. The highest BCUT2D eigenvalue weighted by Gasteiger charge is 2.11. The van der Waals surface area contributed by atoms with E-state index in [1.54, 1.807) is 0 Å². The second-order valence-electron chi connectivity index (χ2n) is 8.38. The van der Waals surface area contributed by atoms with Gasteiger partial charge in [-0.25, -0.2) is 0 Å². The number of hydrogen-bond acceptors (Lipinski definition) is 0. The minimum atomic E-state index is 1.06. The molecule has 1 N–H and O–H groups in total. The zero-order valence-corrected chi connectivity index (χ0v) is 26.5. The molecule has 0 fully saturated rings. The molecule has 0 aliphatic heterocycles. The van der Waals surface area contributed by atoms with Crippen molar-refractivity contribution < 1.29 is 0 Å². The summed E-state index contributed by atoms with van der Waals surface area (Å²) in [4.78, 5) is 3.39. The van der Waals surface area contributed by atoms with E-state index in [4.69, 9.17) is 0 Å². The second kappa shape index (κ2) is 11.1. The number of alkyl halides is 1. The molecule has 0 radical (unpaired) electrons. The average Bonchev–Trinajstić information content (AvgIpc) is 3.34. The Morgan fingerprint density at radius 3 is 1.43 bits per heavy atom. The van der Waals surface area contributed by atoms with Crippen LogP contribution in [0.4, 0.5) is 0 Å². The third kappa shape index (κ3) is 5.45. The van der Waals surface area contributed by atoms with E-state index in [1.165, 1.54) is 56.5 Å². The molecule has 0 aliphatic carbocycles. The lowest BCUT2D eigenvalue weighted by Gasteiger charge is -2.06. The summed E-state index contributed by atoms with van der Waals surface area (Å²) in [7, 11) is 0. The Bertz CT molecular complexity index is 1550. The van der Waals surface area contributed by atoms with Gasteiger partial charge in [0.1, 0.15) is 0 Å². The maximum atomic E-state index is 3.58. The first-order chi connectivity index (χ1) is 16.9. The Balaban J connectivity index is 0.000000151. The van der Waals surface area contributed by atoms with Crippen molar-refractivity contribution in [3.63, 3.8) is 0 Å². The van der Waals surface area contributed by atoms with Crippen LogP contribution in [-0.4, -0.2) is 14.9 Å². The normalized spacial score (nSPS) is 11.5. The standard InChI is InChI=1S/C16H14Br3N.C12H7Br2N/c17-7-1-2-8-20-15-5-3-11(18)9-13(15)14-10-12(19)4-6-16(14)20;13-7-1-3-11-9(5-7)10-6-8(14)2-4-12(10)15-11/h3-6,9-10H,1-2,7-8H2;1-6,15H. The van der Waals surface area contributed by atoms with Crippen LogP contribution in [0.1, 0.15) is 12.8 Å². The fourth-order valence-corrected chi connectivity index (χ4v) is 6.34. The number of aromatic amines is 1. The van der Waals surface area contributed by atoms with Gasteiger partial charge in [-0.15, -0.1) is 0 Å². The fraction of sp³-hybridized carbons (Fsp3) is 0.143. The van der Waals surface area contributed by atoms with Crippen molar-refractivity contribution >= 4 is 123 Å². The Morgan fingerprint density at radius 2 is 0.971 bits per heavy atom. The van der Waals surface area contributed by atoms with Crippen LogP contribution in [0, 0.1) is 0 Å². The molecule has 4 aromatic carbocycles. The lowest BCUT2D eigenvalue weighted by atomic mass is 10.2. The van der Waals surface area contributed by atoms with Crippen LogP contribution in [-0.2, 0) is 6.54 Å². The van der Waals surface area contributed by atoms with E-state index >= 15 is 0 Å². The minimum Gasteiger partial charge on any atom is -0.355 e. The van der Waals surface area contributed by atoms with Gasteiger partial charge in [0.05, 0.1) is 0 Å². The highest BCUT2D eigenvalue weighted by atomic mass is 79.9. The largest absolute Gasteiger partial charge is 0.355 e. The number of aryl methyl sites for hydroxylation is 1. The maximum Gasteiger partial charge on any atom is 0.0492 e. The number of H-pyrrole nitrogens is 1. The molecule has 2 nitrogen and oxygen atoms in total. The second-order valence-corrected chi connectivity index (χ2v) is 12.8. The number of benzene rings is 4. The van der Waals surface area contributed by atoms with Crippen molar-refractivity contribution in [1.82, 2.24) is 9.55 Å². The molecule has 0 unspecified atom stereocenters. The Kier molecular flexibility index (Phi) is 8.09. The van der Waals surface area contributed by atoms with E-state index in [0.29, 0.717) is 0 Å². The molecule has 35 heavy (non-hydrogen) atoms. The predicted octanol–water partition coefficient (Wildman–Crippen LogP) is 11.3. The van der Waals surface area contributed by atoms with Crippen molar-refractivity contribution in [3.8, 4) is 0 Å². The van der Waals surface area contributed by atoms with Crippen molar-refractivity contribution in [3.05, 3.63) is 90.7 Å². The van der Waals surface area contributed by atoms with Crippen LogP contribution in [0.15, 0.2) is 90.7 Å². The molecule has 6 rings (SSSR count). The third-order valence-electron chi connectivity index (χ3n) is 6.08. The summed E-state index contributed by atoms with van der Waals surface area (Å²) < 4.78 is 6.91. The third-order valence-corrected chi connectivity index (χ3v) is 8.61. The molecule has 2 aromatic heterocycles. The molecular weight excluding hydrogens is 764 g/mol. The number of nitrogens with zero attached hydrogens (tertiary/aromatic N) is 1. The first-order valence-electron chi connectivity index (χ1n) is 11.2. The topological polar surface area (TPSA) is 20.7 Å². The number of aromatic nitrogens is 2. The molecule has 178 valence electrons. The van der Waals surface area contributed by atoms with Gasteiger partial charge in [-0.3, -0.25) is 0 Å². The van der Waals surface area contributed by atoms with Gasteiger partial charge in [0.15, 0.2) is 0 Å². The molecule has 0 bridgehead atoms. The van der Waals surface area contributed by atoms with Gasteiger partial charge in [-0.1, -0.05) is 79.6 Å². The van der Waals surface area contributed by atoms with Gasteiger partial charge in [-0.05, 0) is 85.6 Å². The van der Waals surface area contributed by atoms with Crippen molar-refractivity contribution in [2.24, 2.45) is 0 Å². The van der Waals surface area contributed by atoms with Gasteiger partial charge in [0.25, 0.3) is 0 Å². The summed E-state index contributed by atoms with van der Waals surface area (Å²) in [5, 5.41) is 6.20. The number of nitrogens with one attached hydrogen (secondary N) is 1. The van der Waals surface area contributed by atoms with Gasteiger partial charge < -0.3 is 9.55 Å². The van der Waals surface area contributed by atoms with E-state index in [1.807, 2.05) is 12.1 Å². The summed E-state index contributed by atoms with van der Waals surface area (Å²) in [5.41, 5.74) is 4.98. The first-order valence-corrected chi connectivity index (χ1v) is 15.5. The molecule has 0 saturated carbocycles. The fourth-order valence-electron chi connectivity index (χ4n) is 4.50. The monoisotopic (exact) mass is 780 g/mol. The van der Waals surface area contributed by atoms with E-state index in [0.717, 1.165) is 29.8 Å². The number of unbranched alkanes of at least 4 members (excludes halogenated alkanes) is 1. The summed E-state index contributed by atoms with van der Waals surface area (Å²) >= 11 is 17.7. The molecule has 0 atom stereocenters. The molecule has 0 amide bonds. The van der Waals surface area contributed by atoms with Crippen molar-refractivity contribution in [1.29, 1.82) is 0 Å². The molecular formula is C28H21Br5N2. The van der Waals surface area contributed by atoms with Crippen LogP contribution in [0.25, 0.3) is 43.6 Å². The summed E-state index contributed by atoms with van der Waals surface area (Å²) in [5.74, 6) is 0. The van der Waals surface area contributed by atoms with Crippen molar-refractivity contribution in [2.75, 3.05) is 5.33 Å². The van der Waals surface area contributed by atoms with Crippen LogP contribution >= 0.6 is 79.6 Å². The van der Waals surface area contributed by atoms with Gasteiger partial charge in [0.2, 0.25) is 0 Å². The Labute approximate surface area is 246 Å². The average molecular weight is 785 g/mol. The van der Waals surface area contributed by atoms with Crippen LogP contribution in [0.3, 0.4) is 0 Å². The molecule has 0 aliphatic rings. The number of rotatable bonds is 4. The molecule has 0 saturated heterocycles.